The summed E-state index contributed by atoms with van der Waals surface area (Å²) < 4.78 is 9.85. The molecule has 0 atom stereocenters. The molecule has 0 aliphatic heterocycles. The molecule has 28 heavy (non-hydrogen) atoms. The van der Waals surface area contributed by atoms with Crippen molar-refractivity contribution in [3.8, 4) is 11.1 Å². The molecular formula is C24H18O4. The van der Waals surface area contributed by atoms with Crippen LogP contribution in [0.3, 0.4) is 0 Å². The van der Waals surface area contributed by atoms with Gasteiger partial charge < -0.3 is 9.47 Å². The number of esters is 2. The van der Waals surface area contributed by atoms with Gasteiger partial charge in [0.25, 0.3) is 0 Å². The van der Waals surface area contributed by atoms with E-state index in [4.69, 9.17) is 9.47 Å². The fraction of sp³-hybridized carbons (Fsp3) is 0.0833. The van der Waals surface area contributed by atoms with Crippen molar-refractivity contribution < 1.29 is 19.1 Å². The van der Waals surface area contributed by atoms with E-state index in [9.17, 15) is 9.59 Å². The smallest absolute Gasteiger partial charge is 0.338 e. The zero-order valence-electron chi connectivity index (χ0n) is 15.6. The second kappa shape index (κ2) is 7.16. The van der Waals surface area contributed by atoms with Gasteiger partial charge in [0.2, 0.25) is 0 Å². The fourth-order valence-corrected chi connectivity index (χ4v) is 3.64. The number of hydrogen-bond donors (Lipinski definition) is 0. The Morgan fingerprint density at radius 1 is 0.536 bits per heavy atom. The molecule has 0 saturated heterocycles. The Labute approximate surface area is 162 Å². The Morgan fingerprint density at radius 3 is 1.25 bits per heavy atom. The molecule has 0 aliphatic rings. The molecule has 0 amide bonds. The largest absolute Gasteiger partial charge is 0.465 e. The standard InChI is InChI=1S/C24H18O4/c1-27-23(25)21-13-11-19(15-7-3-5-9-17(15)21)20-12-14-22(24(26)28-2)18-10-6-4-8-16(18)20/h3-14H,1-2H3. The number of benzene rings is 4. The molecule has 0 unspecified atom stereocenters. The summed E-state index contributed by atoms with van der Waals surface area (Å²) in [6, 6.07) is 22.9. The van der Waals surface area contributed by atoms with Gasteiger partial charge in [-0.2, -0.15) is 0 Å². The van der Waals surface area contributed by atoms with Gasteiger partial charge in [-0.15, -0.1) is 0 Å². The summed E-state index contributed by atoms with van der Waals surface area (Å²) in [7, 11) is 2.76. The Hall–Kier alpha value is -3.66. The average Bonchev–Trinajstić information content (AvgIpc) is 2.76. The molecule has 0 aromatic heterocycles. The molecule has 4 rings (SSSR count). The predicted molar refractivity (Wildman–Crippen MR) is 110 cm³/mol. The summed E-state index contributed by atoms with van der Waals surface area (Å²) in [4.78, 5) is 24.3. The summed E-state index contributed by atoms with van der Waals surface area (Å²) in [5.74, 6) is -0.734. The zero-order chi connectivity index (χ0) is 19.7. The SMILES string of the molecule is COC(=O)c1ccc(-c2ccc(C(=O)OC)c3ccccc23)c2ccccc12. The Bertz CT molecular complexity index is 1130. The number of carbonyl (C=O) groups excluding carboxylic acids is 2. The van der Waals surface area contributed by atoms with Gasteiger partial charge in [0.1, 0.15) is 0 Å². The Balaban J connectivity index is 2.03. The maximum absolute atomic E-state index is 12.2. The molecule has 0 spiro atoms. The summed E-state index contributed by atoms with van der Waals surface area (Å²) in [5, 5.41) is 3.55. The Kier molecular flexibility index (Phi) is 4.53. The van der Waals surface area contributed by atoms with Crippen molar-refractivity contribution >= 4 is 33.5 Å². The first-order valence-electron chi connectivity index (χ1n) is 8.86. The molecule has 4 heteroatoms. The molecule has 4 nitrogen and oxygen atoms in total. The van der Waals surface area contributed by atoms with Crippen LogP contribution in [-0.2, 0) is 9.47 Å². The van der Waals surface area contributed by atoms with Crippen LogP contribution >= 0.6 is 0 Å². The number of ether oxygens (including phenoxy) is 2. The monoisotopic (exact) mass is 370 g/mol. The maximum atomic E-state index is 12.2. The summed E-state index contributed by atoms with van der Waals surface area (Å²) >= 11 is 0. The van der Waals surface area contributed by atoms with E-state index in [1.54, 1.807) is 12.1 Å². The molecule has 0 aliphatic carbocycles. The highest BCUT2D eigenvalue weighted by Crippen LogP contribution is 2.36. The first kappa shape index (κ1) is 17.7. The summed E-state index contributed by atoms with van der Waals surface area (Å²) in [6.07, 6.45) is 0. The highest BCUT2D eigenvalue weighted by molar-refractivity contribution is 6.14. The van der Waals surface area contributed by atoms with E-state index in [1.807, 2.05) is 60.7 Å². The molecule has 0 heterocycles. The van der Waals surface area contributed by atoms with E-state index in [1.165, 1.54) is 14.2 Å². The highest BCUT2D eigenvalue weighted by atomic mass is 16.5. The third-order valence-electron chi connectivity index (χ3n) is 4.95. The lowest BCUT2D eigenvalue weighted by Crippen LogP contribution is -2.03. The fourth-order valence-electron chi connectivity index (χ4n) is 3.64. The van der Waals surface area contributed by atoms with Crippen molar-refractivity contribution in [1.82, 2.24) is 0 Å². The molecule has 4 aromatic rings. The first-order chi connectivity index (χ1) is 13.7. The van der Waals surface area contributed by atoms with Crippen molar-refractivity contribution in [1.29, 1.82) is 0 Å². The predicted octanol–water partition coefficient (Wildman–Crippen LogP) is 5.23. The molecule has 4 aromatic carbocycles. The third kappa shape index (κ3) is 2.79. The third-order valence-corrected chi connectivity index (χ3v) is 4.95. The van der Waals surface area contributed by atoms with Gasteiger partial charge in [-0.25, -0.2) is 9.59 Å². The van der Waals surface area contributed by atoms with Gasteiger partial charge >= 0.3 is 11.9 Å². The van der Waals surface area contributed by atoms with E-state index in [0.29, 0.717) is 11.1 Å². The van der Waals surface area contributed by atoms with Crippen molar-refractivity contribution in [2.24, 2.45) is 0 Å². The summed E-state index contributed by atoms with van der Waals surface area (Å²) in [6.45, 7) is 0. The average molecular weight is 370 g/mol. The van der Waals surface area contributed by atoms with Gasteiger partial charge in [-0.1, -0.05) is 60.7 Å². The van der Waals surface area contributed by atoms with Crippen molar-refractivity contribution in [2.45, 2.75) is 0 Å². The van der Waals surface area contributed by atoms with Crippen LogP contribution in [-0.4, -0.2) is 26.2 Å². The van der Waals surface area contributed by atoms with Crippen LogP contribution in [0.25, 0.3) is 32.7 Å². The van der Waals surface area contributed by atoms with Gasteiger partial charge in [0.05, 0.1) is 25.3 Å². The van der Waals surface area contributed by atoms with Gasteiger partial charge in [-0.3, -0.25) is 0 Å². The quantitative estimate of drug-likeness (QED) is 0.463. The summed E-state index contributed by atoms with van der Waals surface area (Å²) in [5.41, 5.74) is 3.02. The van der Waals surface area contributed by atoms with E-state index in [-0.39, 0.29) is 11.9 Å². The molecule has 0 radical (unpaired) electrons. The van der Waals surface area contributed by atoms with Crippen LogP contribution in [0, 0.1) is 0 Å². The van der Waals surface area contributed by atoms with Crippen LogP contribution in [0.1, 0.15) is 20.7 Å². The van der Waals surface area contributed by atoms with Crippen molar-refractivity contribution in [3.63, 3.8) is 0 Å². The number of hydrogen-bond acceptors (Lipinski definition) is 4. The number of carbonyl (C=O) groups is 2. The lowest BCUT2D eigenvalue weighted by molar-refractivity contribution is 0.0594. The second-order valence-electron chi connectivity index (χ2n) is 6.40. The first-order valence-corrected chi connectivity index (χ1v) is 8.86. The van der Waals surface area contributed by atoms with Gasteiger partial charge in [0, 0.05) is 0 Å². The minimum Gasteiger partial charge on any atom is -0.465 e. The van der Waals surface area contributed by atoms with E-state index >= 15 is 0 Å². The molecule has 138 valence electrons. The maximum Gasteiger partial charge on any atom is 0.338 e. The van der Waals surface area contributed by atoms with Crippen molar-refractivity contribution in [3.05, 3.63) is 83.9 Å². The molecule has 0 N–H and O–H groups in total. The van der Waals surface area contributed by atoms with Crippen molar-refractivity contribution in [2.75, 3.05) is 14.2 Å². The van der Waals surface area contributed by atoms with E-state index in [0.717, 1.165) is 32.7 Å². The minimum absolute atomic E-state index is 0.367. The van der Waals surface area contributed by atoms with E-state index in [2.05, 4.69) is 0 Å². The highest BCUT2D eigenvalue weighted by Gasteiger charge is 2.17. The van der Waals surface area contributed by atoms with E-state index < -0.39 is 0 Å². The van der Waals surface area contributed by atoms with Gasteiger partial charge in [0.15, 0.2) is 0 Å². The van der Waals surface area contributed by atoms with Gasteiger partial charge in [-0.05, 0) is 44.8 Å². The van der Waals surface area contributed by atoms with Crippen LogP contribution in [0.5, 0.6) is 0 Å². The minimum atomic E-state index is -0.367. The van der Waals surface area contributed by atoms with Crippen LogP contribution in [0.4, 0.5) is 0 Å². The molecule has 0 saturated carbocycles. The lowest BCUT2D eigenvalue weighted by Gasteiger charge is -2.14. The molecule has 0 bridgehead atoms. The zero-order valence-corrected chi connectivity index (χ0v) is 15.6. The second-order valence-corrected chi connectivity index (χ2v) is 6.40. The number of fused-ring (bicyclic) bond motifs is 2. The molecular weight excluding hydrogens is 352 g/mol. The lowest BCUT2D eigenvalue weighted by atomic mass is 9.90. The number of rotatable bonds is 3. The Morgan fingerprint density at radius 2 is 0.893 bits per heavy atom. The van der Waals surface area contributed by atoms with Crippen LogP contribution in [0.15, 0.2) is 72.8 Å². The molecule has 0 fully saturated rings. The topological polar surface area (TPSA) is 52.6 Å². The van der Waals surface area contributed by atoms with Crippen LogP contribution < -0.4 is 0 Å². The normalized spacial score (nSPS) is 10.8. The number of methoxy groups -OCH3 is 2. The van der Waals surface area contributed by atoms with Crippen LogP contribution in [0.2, 0.25) is 0 Å².